The Bertz CT molecular complexity index is 1650. The smallest absolute Gasteiger partial charge is 0.252 e. The van der Waals surface area contributed by atoms with Gasteiger partial charge in [-0.3, -0.25) is 4.79 Å². The molecule has 0 bridgehead atoms. The fourth-order valence-electron chi connectivity index (χ4n) is 5.07. The van der Waals surface area contributed by atoms with Gasteiger partial charge < -0.3 is 19.9 Å². The zero-order valence-electron chi connectivity index (χ0n) is 23.6. The van der Waals surface area contributed by atoms with Gasteiger partial charge in [0.05, 0.1) is 6.61 Å². The van der Waals surface area contributed by atoms with E-state index < -0.39 is 11.6 Å². The first-order valence-corrected chi connectivity index (χ1v) is 15.7. The molecule has 0 aliphatic carbocycles. The fraction of sp³-hybridized carbons (Fsp3) is 0.235. The normalized spacial score (nSPS) is 17.6. The van der Waals surface area contributed by atoms with E-state index in [2.05, 4.69) is 21.2 Å². The summed E-state index contributed by atoms with van der Waals surface area (Å²) in [6, 6.07) is 26.3. The van der Waals surface area contributed by atoms with Gasteiger partial charge in [0.25, 0.3) is 5.91 Å². The monoisotopic (exact) mass is 698 g/mol. The Balaban J connectivity index is 1.55. The molecule has 5 rings (SSSR count). The summed E-state index contributed by atoms with van der Waals surface area (Å²) in [5.74, 6) is 0.172. The van der Waals surface area contributed by atoms with E-state index in [-0.39, 0.29) is 37.2 Å². The lowest BCUT2D eigenvalue weighted by Crippen LogP contribution is -2.50. The zero-order chi connectivity index (χ0) is 31.1. The Kier molecular flexibility index (Phi) is 10.6. The van der Waals surface area contributed by atoms with E-state index in [9.17, 15) is 9.18 Å². The van der Waals surface area contributed by atoms with Crippen molar-refractivity contribution in [3.8, 4) is 5.75 Å². The average Bonchev–Trinajstić information content (AvgIpc) is 3.40. The molecule has 1 aliphatic rings. The summed E-state index contributed by atoms with van der Waals surface area (Å²) in [6.45, 7) is 0.606. The van der Waals surface area contributed by atoms with Crippen molar-refractivity contribution in [3.05, 3.63) is 134 Å². The van der Waals surface area contributed by atoms with Crippen LogP contribution in [0.1, 0.15) is 34.8 Å². The number of halogens is 4. The molecule has 0 fully saturated rings. The molecule has 2 atom stereocenters. The first-order chi connectivity index (χ1) is 21.3. The van der Waals surface area contributed by atoms with E-state index in [0.29, 0.717) is 51.9 Å². The molecule has 1 heterocycles. The number of carbonyl (C=O) groups excluding carboxylic acids is 1. The van der Waals surface area contributed by atoms with Crippen LogP contribution in [-0.2, 0) is 22.4 Å². The summed E-state index contributed by atoms with van der Waals surface area (Å²) in [5, 5.41) is 12.8. The van der Waals surface area contributed by atoms with Crippen LogP contribution in [0.3, 0.4) is 0 Å². The molecule has 0 saturated heterocycles. The maximum absolute atomic E-state index is 14.4. The van der Waals surface area contributed by atoms with Crippen LogP contribution in [0.4, 0.5) is 4.39 Å². The van der Waals surface area contributed by atoms with Gasteiger partial charge in [0.1, 0.15) is 11.6 Å². The lowest BCUT2D eigenvalue weighted by Gasteiger charge is -2.31. The van der Waals surface area contributed by atoms with Crippen molar-refractivity contribution >= 4 is 50.9 Å². The summed E-state index contributed by atoms with van der Waals surface area (Å²) in [7, 11) is 0. The minimum absolute atomic E-state index is 0.0410. The number of nitrogens with zero attached hydrogens (tertiary/aromatic N) is 1. The van der Waals surface area contributed by atoms with Crippen LogP contribution in [-0.4, -0.2) is 42.2 Å². The van der Waals surface area contributed by atoms with Crippen LogP contribution in [0.25, 0.3) is 0 Å². The maximum atomic E-state index is 14.4. The zero-order valence-corrected chi connectivity index (χ0v) is 26.7. The van der Waals surface area contributed by atoms with Crippen molar-refractivity contribution in [1.29, 1.82) is 0 Å². The molecule has 6 nitrogen and oxygen atoms in total. The van der Waals surface area contributed by atoms with E-state index >= 15 is 0 Å². The van der Waals surface area contributed by atoms with Crippen LogP contribution < -0.4 is 10.1 Å². The number of aliphatic hydroxyl groups excluding tert-OH is 1. The van der Waals surface area contributed by atoms with Crippen LogP contribution >= 0.6 is 39.1 Å². The molecule has 0 unspecified atom stereocenters. The number of hydrogen-bond donors (Lipinski definition) is 2. The summed E-state index contributed by atoms with van der Waals surface area (Å²) in [5.41, 5.74) is 1.05. The van der Waals surface area contributed by atoms with Gasteiger partial charge in [0.2, 0.25) is 5.90 Å². The number of rotatable bonds is 12. The van der Waals surface area contributed by atoms with Crippen molar-refractivity contribution in [2.75, 3.05) is 19.8 Å². The van der Waals surface area contributed by atoms with Gasteiger partial charge in [0, 0.05) is 51.6 Å². The van der Waals surface area contributed by atoms with Crippen molar-refractivity contribution in [3.63, 3.8) is 0 Å². The minimum atomic E-state index is -1.48. The van der Waals surface area contributed by atoms with Crippen molar-refractivity contribution in [1.82, 2.24) is 5.32 Å². The number of nitrogens with one attached hydrogen (secondary N) is 1. The van der Waals surface area contributed by atoms with Gasteiger partial charge in [-0.1, -0.05) is 81.6 Å². The van der Waals surface area contributed by atoms with Gasteiger partial charge in [-0.05, 0) is 66.1 Å². The second kappa shape index (κ2) is 14.6. The third kappa shape index (κ3) is 7.26. The molecule has 0 saturated carbocycles. The largest absolute Gasteiger partial charge is 0.494 e. The number of amides is 1. The molecule has 2 N–H and O–H groups in total. The van der Waals surface area contributed by atoms with Gasteiger partial charge in [0.15, 0.2) is 11.6 Å². The minimum Gasteiger partial charge on any atom is -0.494 e. The van der Waals surface area contributed by atoms with Crippen molar-refractivity contribution in [2.24, 2.45) is 4.99 Å². The van der Waals surface area contributed by atoms with E-state index in [0.717, 1.165) is 10.0 Å². The van der Waals surface area contributed by atoms with Crippen LogP contribution in [0.15, 0.2) is 100 Å². The Morgan fingerprint density at radius 3 is 2.45 bits per heavy atom. The molecule has 0 radical (unpaired) electrons. The first kappa shape index (κ1) is 32.0. The van der Waals surface area contributed by atoms with Crippen LogP contribution in [0.2, 0.25) is 10.0 Å². The predicted octanol–water partition coefficient (Wildman–Crippen LogP) is 7.51. The Labute approximate surface area is 274 Å². The fourth-order valence-corrected chi connectivity index (χ4v) is 6.00. The van der Waals surface area contributed by atoms with E-state index in [1.54, 1.807) is 60.7 Å². The summed E-state index contributed by atoms with van der Waals surface area (Å²) in [6.07, 6.45) is 0.0777. The predicted molar refractivity (Wildman–Crippen MR) is 174 cm³/mol. The lowest BCUT2D eigenvalue weighted by molar-refractivity contribution is -0.128. The molecule has 0 spiro atoms. The topological polar surface area (TPSA) is 80.2 Å². The molecule has 4 aromatic carbocycles. The Hall–Kier alpha value is -3.43. The Morgan fingerprint density at radius 2 is 1.75 bits per heavy atom. The molecule has 44 heavy (non-hydrogen) atoms. The molecule has 1 amide bonds. The molecule has 1 aliphatic heterocycles. The van der Waals surface area contributed by atoms with Gasteiger partial charge in [-0.2, -0.15) is 0 Å². The molecular weight excluding hydrogens is 670 g/mol. The molecule has 228 valence electrons. The maximum Gasteiger partial charge on any atom is 0.252 e. The average molecular weight is 700 g/mol. The van der Waals surface area contributed by atoms with Crippen molar-refractivity contribution in [2.45, 2.75) is 30.9 Å². The highest BCUT2D eigenvalue weighted by molar-refractivity contribution is 9.10. The molecular formula is C34H30BrCl2FN2O4. The second-order valence-corrected chi connectivity index (χ2v) is 12.0. The number of benzene rings is 4. The number of ether oxygens (including phenoxy) is 2. The standard InChI is InChI=1S/C34H30BrCl2FN2O4/c35-28-8-3-1-7-24(28)21-34(33(42)39-17-16-22-6-2-4-9-30(22)38)31(27-15-12-25(36)20-29(27)37)44-32(40-34)23-10-13-26(14-11-23)43-19-5-18-41/h1-4,6-15,20,31,41H,5,16-19,21H2,(H,39,42)/t31-,34-/m1/s1. The quantitative estimate of drug-likeness (QED) is 0.150. The van der Waals surface area contributed by atoms with Gasteiger partial charge in [-0.15, -0.1) is 0 Å². The molecule has 4 aromatic rings. The molecule has 0 aromatic heterocycles. The third-order valence-corrected chi connectivity index (χ3v) is 8.67. The van der Waals surface area contributed by atoms with Gasteiger partial charge >= 0.3 is 0 Å². The lowest BCUT2D eigenvalue weighted by atomic mass is 9.82. The van der Waals surface area contributed by atoms with Crippen LogP contribution in [0.5, 0.6) is 5.75 Å². The third-order valence-electron chi connectivity index (χ3n) is 7.33. The number of aliphatic imine (C=N–C) groups is 1. The number of hydrogen-bond acceptors (Lipinski definition) is 5. The SMILES string of the molecule is O=C(NCCc1ccccc1F)[C@]1(Cc2ccccc2Br)N=C(c2ccc(OCCCO)cc2)O[C@@H]1c1ccc(Cl)cc1Cl. The number of carbonyl (C=O) groups is 1. The van der Waals surface area contributed by atoms with E-state index in [4.69, 9.17) is 42.8 Å². The summed E-state index contributed by atoms with van der Waals surface area (Å²) in [4.78, 5) is 19.4. The van der Waals surface area contributed by atoms with Gasteiger partial charge in [-0.25, -0.2) is 9.38 Å². The van der Waals surface area contributed by atoms with Crippen LogP contribution in [0, 0.1) is 5.82 Å². The second-order valence-electron chi connectivity index (χ2n) is 10.3. The number of aliphatic hydroxyl groups is 1. The molecule has 10 heteroatoms. The summed E-state index contributed by atoms with van der Waals surface area (Å²) >= 11 is 16.6. The summed E-state index contributed by atoms with van der Waals surface area (Å²) < 4.78 is 27.4. The highest BCUT2D eigenvalue weighted by Gasteiger charge is 2.54. The Morgan fingerprint density at radius 1 is 1.02 bits per heavy atom. The highest BCUT2D eigenvalue weighted by Crippen LogP contribution is 2.45. The highest BCUT2D eigenvalue weighted by atomic mass is 79.9. The van der Waals surface area contributed by atoms with E-state index in [1.807, 2.05) is 24.3 Å². The first-order valence-electron chi connectivity index (χ1n) is 14.1. The van der Waals surface area contributed by atoms with E-state index in [1.165, 1.54) is 6.07 Å². The van der Waals surface area contributed by atoms with Crippen molar-refractivity contribution < 1.29 is 23.8 Å².